The Morgan fingerprint density at radius 1 is 1.45 bits per heavy atom. The van der Waals surface area contributed by atoms with Crippen LogP contribution in [-0.4, -0.2) is 18.5 Å². The van der Waals surface area contributed by atoms with E-state index < -0.39 is 0 Å². The highest BCUT2D eigenvalue weighted by atomic mass is 16.5. The van der Waals surface area contributed by atoms with Gasteiger partial charge in [0.25, 0.3) is 0 Å². The smallest absolute Gasteiger partial charge is 0.181 e. The highest BCUT2D eigenvalue weighted by Gasteiger charge is 2.24. The van der Waals surface area contributed by atoms with Crippen LogP contribution < -0.4 is 0 Å². The van der Waals surface area contributed by atoms with E-state index in [4.69, 9.17) is 4.74 Å². The third kappa shape index (κ3) is 1.36. The van der Waals surface area contributed by atoms with Gasteiger partial charge < -0.3 is 4.74 Å². The lowest BCUT2D eigenvalue weighted by Gasteiger charge is -2.27. The van der Waals surface area contributed by atoms with Crippen molar-refractivity contribution in [2.24, 2.45) is 0 Å². The number of carbonyl (C=O) groups is 1. The fourth-order valence-electron chi connectivity index (χ4n) is 1.79. The van der Waals surface area contributed by atoms with Crippen LogP contribution in [0.3, 0.4) is 0 Å². The molecule has 1 aliphatic carbocycles. The Morgan fingerprint density at radius 3 is 3.27 bits per heavy atom. The second-order valence-corrected chi connectivity index (χ2v) is 3.23. The molecular formula is C9H12O2. The number of hydrogen-bond acceptors (Lipinski definition) is 2. The summed E-state index contributed by atoms with van der Waals surface area (Å²) in [4.78, 5) is 10.9. The minimum atomic E-state index is 0.137. The second kappa shape index (κ2) is 2.78. The average Bonchev–Trinajstić information content (AvgIpc) is 2.04. The molecule has 0 N–H and O–H groups in total. The summed E-state index contributed by atoms with van der Waals surface area (Å²) in [5.74, 6) is 0.137. The molecule has 2 rings (SSSR count). The van der Waals surface area contributed by atoms with Crippen LogP contribution in [0.1, 0.15) is 25.7 Å². The van der Waals surface area contributed by atoms with E-state index in [-0.39, 0.29) is 11.9 Å². The molecule has 1 fully saturated rings. The zero-order valence-electron chi connectivity index (χ0n) is 6.51. The fourth-order valence-corrected chi connectivity index (χ4v) is 1.79. The van der Waals surface area contributed by atoms with Crippen molar-refractivity contribution in [1.82, 2.24) is 0 Å². The van der Waals surface area contributed by atoms with Crippen LogP contribution in [0.4, 0.5) is 0 Å². The van der Waals surface area contributed by atoms with E-state index in [1.54, 1.807) is 6.08 Å². The summed E-state index contributed by atoms with van der Waals surface area (Å²) in [5, 5.41) is 0. The van der Waals surface area contributed by atoms with Crippen LogP contribution >= 0.6 is 0 Å². The molecule has 2 aliphatic rings. The zero-order valence-corrected chi connectivity index (χ0v) is 6.51. The van der Waals surface area contributed by atoms with Gasteiger partial charge in [-0.05, 0) is 30.9 Å². The Balaban J connectivity index is 2.16. The molecule has 1 heterocycles. The van der Waals surface area contributed by atoms with E-state index in [1.807, 2.05) is 0 Å². The van der Waals surface area contributed by atoms with Gasteiger partial charge in [-0.15, -0.1) is 0 Å². The van der Waals surface area contributed by atoms with Crippen LogP contribution in [0.5, 0.6) is 0 Å². The molecule has 2 heteroatoms. The first-order valence-electron chi connectivity index (χ1n) is 4.21. The van der Waals surface area contributed by atoms with Gasteiger partial charge in [-0.2, -0.15) is 0 Å². The van der Waals surface area contributed by atoms with Crippen molar-refractivity contribution < 1.29 is 9.53 Å². The lowest BCUT2D eigenvalue weighted by Crippen LogP contribution is -2.28. The summed E-state index contributed by atoms with van der Waals surface area (Å²) in [5.41, 5.74) is 1.23. The Hall–Kier alpha value is -0.630. The molecule has 0 radical (unpaired) electrons. The van der Waals surface area contributed by atoms with Crippen LogP contribution in [0, 0.1) is 0 Å². The summed E-state index contributed by atoms with van der Waals surface area (Å²) in [6, 6.07) is 0. The third-order valence-electron chi connectivity index (χ3n) is 2.37. The van der Waals surface area contributed by atoms with Crippen molar-refractivity contribution in [2.75, 3.05) is 6.61 Å². The number of hydrogen-bond donors (Lipinski definition) is 0. The minimum absolute atomic E-state index is 0.137. The van der Waals surface area contributed by atoms with Gasteiger partial charge in [-0.1, -0.05) is 6.42 Å². The molecule has 2 nitrogen and oxygen atoms in total. The van der Waals surface area contributed by atoms with Crippen molar-refractivity contribution in [1.29, 1.82) is 0 Å². The molecule has 1 unspecified atom stereocenters. The lowest BCUT2D eigenvalue weighted by molar-refractivity contribution is -0.122. The molecule has 1 saturated carbocycles. The Morgan fingerprint density at radius 2 is 2.36 bits per heavy atom. The van der Waals surface area contributed by atoms with Crippen molar-refractivity contribution in [2.45, 2.75) is 31.8 Å². The molecule has 1 atom stereocenters. The molecule has 0 saturated heterocycles. The number of carbonyl (C=O) groups excluding carboxylic acids is 1. The van der Waals surface area contributed by atoms with Gasteiger partial charge in [-0.3, -0.25) is 4.79 Å². The molecule has 0 aromatic rings. The van der Waals surface area contributed by atoms with Crippen molar-refractivity contribution >= 4 is 5.78 Å². The molecule has 11 heavy (non-hydrogen) atoms. The molecule has 0 aromatic carbocycles. The highest BCUT2D eigenvalue weighted by Crippen LogP contribution is 2.28. The summed E-state index contributed by atoms with van der Waals surface area (Å²) < 4.78 is 5.38. The van der Waals surface area contributed by atoms with E-state index in [9.17, 15) is 4.79 Å². The van der Waals surface area contributed by atoms with E-state index in [0.717, 1.165) is 12.8 Å². The van der Waals surface area contributed by atoms with E-state index in [1.165, 1.54) is 18.4 Å². The maximum absolute atomic E-state index is 10.9. The molecule has 60 valence electrons. The zero-order chi connectivity index (χ0) is 7.68. The Bertz CT molecular complexity index is 206. The molecule has 0 amide bonds. The lowest BCUT2D eigenvalue weighted by atomic mass is 9.90. The summed E-state index contributed by atoms with van der Waals surface area (Å²) in [6.07, 6.45) is 6.71. The predicted molar refractivity (Wildman–Crippen MR) is 41.3 cm³/mol. The molecule has 1 aliphatic heterocycles. The van der Waals surface area contributed by atoms with Gasteiger partial charge >= 0.3 is 0 Å². The fraction of sp³-hybridized carbons (Fsp3) is 0.667. The summed E-state index contributed by atoms with van der Waals surface area (Å²) >= 11 is 0. The number of ketones is 1. The first-order valence-corrected chi connectivity index (χ1v) is 4.21. The Labute approximate surface area is 66.2 Å². The van der Waals surface area contributed by atoms with Crippen LogP contribution in [0.2, 0.25) is 0 Å². The van der Waals surface area contributed by atoms with Crippen LogP contribution in [-0.2, 0) is 9.53 Å². The molecule has 0 aromatic heterocycles. The van der Waals surface area contributed by atoms with Gasteiger partial charge in [0, 0.05) is 0 Å². The quantitative estimate of drug-likeness (QED) is 0.525. The van der Waals surface area contributed by atoms with Gasteiger partial charge in [0.05, 0.1) is 6.10 Å². The van der Waals surface area contributed by atoms with Crippen LogP contribution in [0.15, 0.2) is 11.6 Å². The van der Waals surface area contributed by atoms with Gasteiger partial charge in [0.1, 0.15) is 6.61 Å². The van der Waals surface area contributed by atoms with Crippen molar-refractivity contribution in [3.05, 3.63) is 11.6 Å². The number of fused-ring (bicyclic) bond motifs is 1. The van der Waals surface area contributed by atoms with E-state index in [0.29, 0.717) is 6.61 Å². The second-order valence-electron chi connectivity index (χ2n) is 3.23. The van der Waals surface area contributed by atoms with Gasteiger partial charge in [0.2, 0.25) is 0 Å². The third-order valence-corrected chi connectivity index (χ3v) is 2.37. The van der Waals surface area contributed by atoms with Crippen molar-refractivity contribution in [3.8, 4) is 0 Å². The Kier molecular flexibility index (Phi) is 1.78. The van der Waals surface area contributed by atoms with Crippen LogP contribution in [0.25, 0.3) is 0 Å². The predicted octanol–water partition coefficient (Wildman–Crippen LogP) is 1.45. The summed E-state index contributed by atoms with van der Waals surface area (Å²) in [6.45, 7) is 0.300. The molecule has 0 spiro atoms. The maximum atomic E-state index is 10.9. The normalized spacial score (nSPS) is 31.1. The first-order chi connectivity index (χ1) is 5.36. The SMILES string of the molecule is O=C1C=C2CCCCC2OC1. The largest absolute Gasteiger partial charge is 0.366 e. The number of rotatable bonds is 0. The maximum Gasteiger partial charge on any atom is 0.181 e. The molecular weight excluding hydrogens is 140 g/mol. The van der Waals surface area contributed by atoms with E-state index in [2.05, 4.69) is 0 Å². The van der Waals surface area contributed by atoms with Crippen molar-refractivity contribution in [3.63, 3.8) is 0 Å². The monoisotopic (exact) mass is 152 g/mol. The molecule has 0 bridgehead atoms. The summed E-state index contributed by atoms with van der Waals surface area (Å²) in [7, 11) is 0. The first kappa shape index (κ1) is 7.04. The van der Waals surface area contributed by atoms with Gasteiger partial charge in [0.15, 0.2) is 5.78 Å². The van der Waals surface area contributed by atoms with E-state index >= 15 is 0 Å². The minimum Gasteiger partial charge on any atom is -0.366 e. The number of ether oxygens (including phenoxy) is 1. The standard InChI is InChI=1S/C9H12O2/c10-8-5-7-3-1-2-4-9(7)11-6-8/h5,9H,1-4,6H2. The topological polar surface area (TPSA) is 26.3 Å². The van der Waals surface area contributed by atoms with Gasteiger partial charge in [-0.25, -0.2) is 0 Å². The average molecular weight is 152 g/mol. The highest BCUT2D eigenvalue weighted by molar-refractivity contribution is 5.92.